The van der Waals surface area contributed by atoms with E-state index < -0.39 is 20.7 Å². The molecule has 108 valence electrons. The highest BCUT2D eigenvalue weighted by molar-refractivity contribution is 14.1. The first-order valence-electron chi connectivity index (χ1n) is 5.19. The van der Waals surface area contributed by atoms with Crippen LogP contribution in [0.1, 0.15) is 5.56 Å². The van der Waals surface area contributed by atoms with Gasteiger partial charge in [0.05, 0.1) is 0 Å². The van der Waals surface area contributed by atoms with Gasteiger partial charge in [-0.15, -0.1) is 0 Å². The smallest absolute Gasteiger partial charge is 0.323 e. The molecule has 10 heteroatoms. The van der Waals surface area contributed by atoms with E-state index in [0.717, 1.165) is 9.13 Å². The number of benzene rings is 1. The molecule has 1 rings (SSSR count). The highest BCUT2D eigenvalue weighted by Crippen LogP contribution is 2.58. The summed E-state index contributed by atoms with van der Waals surface area (Å²) in [6.45, 7) is 0.0565. The Hall–Kier alpha value is 0.210. The van der Waals surface area contributed by atoms with Crippen LogP contribution in [-0.4, -0.2) is 31.6 Å². The molecule has 0 saturated carbocycles. The van der Waals surface area contributed by atoms with Gasteiger partial charge in [0, 0.05) is 10.1 Å². The summed E-state index contributed by atoms with van der Waals surface area (Å²) in [5, 5.41) is 2.24. The number of nitrogens with one attached hydrogen (secondary N) is 1. The van der Waals surface area contributed by atoms with E-state index in [9.17, 15) is 9.13 Å². The average molecular weight is 425 g/mol. The van der Waals surface area contributed by atoms with Crippen molar-refractivity contribution in [3.63, 3.8) is 0 Å². The van der Waals surface area contributed by atoms with Crippen molar-refractivity contribution in [3.05, 3.63) is 33.4 Å². The molecule has 0 saturated heterocycles. The van der Waals surface area contributed by atoms with Crippen molar-refractivity contribution in [2.45, 2.75) is 11.9 Å². The SMILES string of the molecule is O=P(O)(O)C(NCCc1cccc([131I])c1)P(=O)(O)O. The standard InChI is InChI=1S/C9H14INO6P2/c10-8-3-1-2-7(6-8)4-5-11-9(18(12,13)14)19(15,16)17/h1-3,6,9,11H,4-5H2,(H2,12,13,14)(H2,15,16,17)/i10+4. The molecule has 0 unspecified atom stereocenters. The van der Waals surface area contributed by atoms with Gasteiger partial charge in [0.25, 0.3) is 0 Å². The van der Waals surface area contributed by atoms with Crippen molar-refractivity contribution >= 4 is 37.8 Å². The van der Waals surface area contributed by atoms with E-state index in [2.05, 4.69) is 27.9 Å². The molecule has 0 radical (unpaired) electrons. The molecule has 0 bridgehead atoms. The second-order valence-electron chi connectivity index (χ2n) is 3.89. The third-order valence-electron chi connectivity index (χ3n) is 2.27. The molecule has 0 aliphatic carbocycles. The molecule has 0 aromatic heterocycles. The molecular formula is C9H14INO6P2. The van der Waals surface area contributed by atoms with Gasteiger partial charge in [0.2, 0.25) is 5.52 Å². The van der Waals surface area contributed by atoms with Crippen LogP contribution in [0, 0.1) is 3.57 Å². The molecule has 0 aliphatic rings. The van der Waals surface area contributed by atoms with E-state index in [1.807, 2.05) is 24.3 Å². The van der Waals surface area contributed by atoms with Crippen molar-refractivity contribution in [2.75, 3.05) is 6.54 Å². The number of hydrogen-bond donors (Lipinski definition) is 5. The molecule has 7 nitrogen and oxygen atoms in total. The average Bonchev–Trinajstić information content (AvgIpc) is 2.21. The van der Waals surface area contributed by atoms with Gasteiger partial charge in [-0.25, -0.2) is 0 Å². The van der Waals surface area contributed by atoms with Crippen LogP contribution in [0.2, 0.25) is 0 Å². The lowest BCUT2D eigenvalue weighted by molar-refractivity contribution is 0.328. The molecule has 1 aromatic rings. The van der Waals surface area contributed by atoms with Crippen molar-refractivity contribution in [1.29, 1.82) is 0 Å². The fraction of sp³-hybridized carbons (Fsp3) is 0.333. The van der Waals surface area contributed by atoms with E-state index in [1.165, 1.54) is 0 Å². The predicted octanol–water partition coefficient (Wildman–Crippen LogP) is 1.06. The Balaban J connectivity index is 2.64. The predicted molar refractivity (Wildman–Crippen MR) is 78.7 cm³/mol. The second kappa shape index (κ2) is 6.78. The Bertz CT molecular complexity index is 505. The Labute approximate surface area is 123 Å². The minimum absolute atomic E-state index is 0.0565. The first kappa shape index (κ1) is 17.3. The van der Waals surface area contributed by atoms with Crippen LogP contribution in [-0.2, 0) is 15.6 Å². The maximum Gasteiger partial charge on any atom is 0.354 e. The first-order chi connectivity index (χ1) is 8.60. The lowest BCUT2D eigenvalue weighted by atomic mass is 10.1. The largest absolute Gasteiger partial charge is 0.354 e. The summed E-state index contributed by atoms with van der Waals surface area (Å²) in [4.78, 5) is 35.6. The van der Waals surface area contributed by atoms with Crippen molar-refractivity contribution in [3.8, 4) is 0 Å². The number of rotatable bonds is 6. The lowest BCUT2D eigenvalue weighted by Crippen LogP contribution is -2.30. The number of hydrogen-bond acceptors (Lipinski definition) is 3. The van der Waals surface area contributed by atoms with Crippen molar-refractivity contribution in [2.24, 2.45) is 0 Å². The van der Waals surface area contributed by atoms with Crippen LogP contribution in [0.4, 0.5) is 0 Å². The van der Waals surface area contributed by atoms with Crippen LogP contribution in [0.5, 0.6) is 0 Å². The molecule has 0 aliphatic heterocycles. The minimum atomic E-state index is -4.90. The quantitative estimate of drug-likeness (QED) is 0.341. The van der Waals surface area contributed by atoms with Crippen molar-refractivity contribution in [1.82, 2.24) is 5.32 Å². The molecule has 19 heavy (non-hydrogen) atoms. The zero-order valence-electron chi connectivity index (χ0n) is 9.68. The van der Waals surface area contributed by atoms with Gasteiger partial charge in [-0.05, 0) is 46.7 Å². The van der Waals surface area contributed by atoms with E-state index in [4.69, 9.17) is 19.6 Å². The van der Waals surface area contributed by atoms with E-state index in [0.29, 0.717) is 6.42 Å². The summed E-state index contributed by atoms with van der Waals surface area (Å²) in [5.74, 6) is 0. The Morgan fingerprint density at radius 2 is 1.74 bits per heavy atom. The topological polar surface area (TPSA) is 127 Å². The van der Waals surface area contributed by atoms with E-state index in [-0.39, 0.29) is 6.54 Å². The van der Waals surface area contributed by atoms with E-state index in [1.54, 1.807) is 0 Å². The van der Waals surface area contributed by atoms with Gasteiger partial charge in [0.1, 0.15) is 0 Å². The molecule has 0 heterocycles. The lowest BCUT2D eigenvalue weighted by Gasteiger charge is -2.20. The number of halogens is 1. The summed E-state index contributed by atoms with van der Waals surface area (Å²) in [5.41, 5.74) is -1.24. The van der Waals surface area contributed by atoms with Gasteiger partial charge in [0.15, 0.2) is 0 Å². The van der Waals surface area contributed by atoms with Crippen LogP contribution >= 0.6 is 37.8 Å². The van der Waals surface area contributed by atoms with Gasteiger partial charge >= 0.3 is 15.2 Å². The third-order valence-corrected chi connectivity index (χ3v) is 6.38. The van der Waals surface area contributed by atoms with Gasteiger partial charge in [-0.1, -0.05) is 12.1 Å². The molecule has 5 N–H and O–H groups in total. The molecule has 0 amide bonds. The zero-order chi connectivity index (χ0) is 14.7. The highest BCUT2D eigenvalue weighted by atomic mass is 131. The summed E-state index contributed by atoms with van der Waals surface area (Å²) < 4.78 is 23.0. The van der Waals surface area contributed by atoms with E-state index >= 15 is 0 Å². The fourth-order valence-corrected chi connectivity index (χ4v) is 4.38. The zero-order valence-corrected chi connectivity index (χ0v) is 13.6. The Kier molecular flexibility index (Phi) is 6.16. The Morgan fingerprint density at radius 1 is 1.16 bits per heavy atom. The van der Waals surface area contributed by atoms with Crippen LogP contribution in [0.15, 0.2) is 24.3 Å². The van der Waals surface area contributed by atoms with Gasteiger partial charge < -0.3 is 19.6 Å². The summed E-state index contributed by atoms with van der Waals surface area (Å²) in [6.07, 6.45) is 0.410. The second-order valence-corrected chi connectivity index (χ2v) is 8.93. The first-order valence-corrected chi connectivity index (χ1v) is 9.63. The maximum absolute atomic E-state index is 11.0. The van der Waals surface area contributed by atoms with Gasteiger partial charge in [-0.3, -0.25) is 14.4 Å². The van der Waals surface area contributed by atoms with Crippen LogP contribution in [0.25, 0.3) is 0 Å². The van der Waals surface area contributed by atoms with Crippen LogP contribution in [0.3, 0.4) is 0 Å². The molecule has 1 aromatic carbocycles. The summed E-state index contributed by atoms with van der Waals surface area (Å²) in [6, 6.07) is 7.44. The monoisotopic (exact) mass is 425 g/mol. The van der Waals surface area contributed by atoms with Gasteiger partial charge in [-0.2, -0.15) is 0 Å². The van der Waals surface area contributed by atoms with Crippen molar-refractivity contribution < 1.29 is 28.7 Å². The fourth-order valence-electron chi connectivity index (χ4n) is 1.47. The maximum atomic E-state index is 11.0. The van der Waals surface area contributed by atoms with Crippen LogP contribution < -0.4 is 5.32 Å². The third kappa shape index (κ3) is 6.01. The molecule has 0 fully saturated rings. The Morgan fingerprint density at radius 3 is 2.21 bits per heavy atom. The molecular weight excluding hydrogens is 411 g/mol. The molecule has 0 atom stereocenters. The summed E-state index contributed by atoms with van der Waals surface area (Å²) >= 11 is 2.13. The highest BCUT2D eigenvalue weighted by Gasteiger charge is 2.42. The molecule has 0 spiro atoms. The minimum Gasteiger partial charge on any atom is -0.323 e. The summed E-state index contributed by atoms with van der Waals surface area (Å²) in [7, 11) is -9.81. The normalized spacial score (nSPS) is 12.9.